The summed E-state index contributed by atoms with van der Waals surface area (Å²) in [6.07, 6.45) is 1.20. The quantitative estimate of drug-likeness (QED) is 0.717. The first-order valence-electron chi connectivity index (χ1n) is 4.31. The molecule has 3 rings (SSSR count). The zero-order valence-electron chi connectivity index (χ0n) is 6.63. The van der Waals surface area contributed by atoms with Crippen molar-refractivity contribution >= 4 is 15.9 Å². The third-order valence-electron chi connectivity index (χ3n) is 3.15. The van der Waals surface area contributed by atoms with E-state index < -0.39 is 0 Å². The number of hydrogen-bond acceptors (Lipinski definition) is 1. The summed E-state index contributed by atoms with van der Waals surface area (Å²) in [5.74, 6) is 1.45. The number of halogens is 1. The zero-order valence-corrected chi connectivity index (χ0v) is 8.21. The predicted molar refractivity (Wildman–Crippen MR) is 52.1 cm³/mol. The maximum atomic E-state index is 5.91. The van der Waals surface area contributed by atoms with Crippen molar-refractivity contribution in [1.82, 2.24) is 0 Å². The van der Waals surface area contributed by atoms with Crippen LogP contribution in [0.3, 0.4) is 0 Å². The average molecular weight is 224 g/mol. The Morgan fingerprint density at radius 3 is 3.08 bits per heavy atom. The molecule has 2 N–H and O–H groups in total. The Bertz CT molecular complexity index is 348. The molecule has 1 fully saturated rings. The minimum Gasteiger partial charge on any atom is -0.327 e. The van der Waals surface area contributed by atoms with Gasteiger partial charge in [0.25, 0.3) is 0 Å². The summed E-state index contributed by atoms with van der Waals surface area (Å²) < 4.78 is 1.19. The molecule has 0 bridgehead atoms. The fourth-order valence-electron chi connectivity index (χ4n) is 2.43. The van der Waals surface area contributed by atoms with Crippen LogP contribution in [-0.4, -0.2) is 6.04 Å². The van der Waals surface area contributed by atoms with Crippen LogP contribution in [0.5, 0.6) is 0 Å². The van der Waals surface area contributed by atoms with Crippen LogP contribution < -0.4 is 5.73 Å². The van der Waals surface area contributed by atoms with Gasteiger partial charge in [-0.15, -0.1) is 0 Å². The van der Waals surface area contributed by atoms with E-state index in [1.54, 1.807) is 0 Å². The molecule has 2 aliphatic carbocycles. The monoisotopic (exact) mass is 223 g/mol. The van der Waals surface area contributed by atoms with Crippen LogP contribution in [-0.2, 0) is 6.42 Å². The van der Waals surface area contributed by atoms with Gasteiger partial charge in [0, 0.05) is 16.4 Å². The molecule has 0 spiro atoms. The van der Waals surface area contributed by atoms with Gasteiger partial charge < -0.3 is 5.73 Å². The Hall–Kier alpha value is -0.340. The van der Waals surface area contributed by atoms with Crippen LogP contribution in [0.1, 0.15) is 17.0 Å². The molecular formula is C10H10BrN. The van der Waals surface area contributed by atoms with Crippen LogP contribution in [0.25, 0.3) is 0 Å². The third-order valence-corrected chi connectivity index (χ3v) is 3.64. The lowest BCUT2D eigenvalue weighted by molar-refractivity contribution is 0.801. The second-order valence-electron chi connectivity index (χ2n) is 3.81. The lowest BCUT2D eigenvalue weighted by atomic mass is 10.1. The van der Waals surface area contributed by atoms with Gasteiger partial charge in [-0.05, 0) is 35.6 Å². The average Bonchev–Trinajstić information content (AvgIpc) is 2.57. The molecule has 0 aliphatic heterocycles. The van der Waals surface area contributed by atoms with E-state index in [1.165, 1.54) is 22.0 Å². The molecule has 3 atom stereocenters. The Labute approximate surface area is 80.1 Å². The molecule has 0 aromatic heterocycles. The van der Waals surface area contributed by atoms with E-state index in [2.05, 4.69) is 34.1 Å². The van der Waals surface area contributed by atoms with Gasteiger partial charge in [0.2, 0.25) is 0 Å². The summed E-state index contributed by atoms with van der Waals surface area (Å²) in [6.45, 7) is 0. The van der Waals surface area contributed by atoms with E-state index >= 15 is 0 Å². The Balaban J connectivity index is 2.11. The number of fused-ring (bicyclic) bond motifs is 3. The van der Waals surface area contributed by atoms with Crippen LogP contribution in [0.4, 0.5) is 0 Å². The van der Waals surface area contributed by atoms with Gasteiger partial charge in [-0.2, -0.15) is 0 Å². The maximum absolute atomic E-state index is 5.91. The van der Waals surface area contributed by atoms with Gasteiger partial charge in [-0.25, -0.2) is 0 Å². The van der Waals surface area contributed by atoms with Gasteiger partial charge >= 0.3 is 0 Å². The minimum atomic E-state index is 0.457. The molecule has 1 aromatic rings. The van der Waals surface area contributed by atoms with Crippen molar-refractivity contribution in [2.45, 2.75) is 18.4 Å². The number of benzene rings is 1. The fourth-order valence-corrected chi connectivity index (χ4v) is 2.84. The summed E-state index contributed by atoms with van der Waals surface area (Å²) in [6, 6.07) is 7.02. The van der Waals surface area contributed by atoms with Crippen molar-refractivity contribution in [3.63, 3.8) is 0 Å². The molecule has 12 heavy (non-hydrogen) atoms. The van der Waals surface area contributed by atoms with Crippen molar-refractivity contribution < 1.29 is 0 Å². The van der Waals surface area contributed by atoms with Crippen molar-refractivity contribution in [2.75, 3.05) is 0 Å². The van der Waals surface area contributed by atoms with E-state index in [0.29, 0.717) is 12.0 Å². The van der Waals surface area contributed by atoms with Crippen molar-refractivity contribution in [1.29, 1.82) is 0 Å². The van der Waals surface area contributed by atoms with Crippen LogP contribution in [0.15, 0.2) is 22.7 Å². The highest BCUT2D eigenvalue weighted by Crippen LogP contribution is 2.55. The Morgan fingerprint density at radius 2 is 2.25 bits per heavy atom. The minimum absolute atomic E-state index is 0.457. The van der Waals surface area contributed by atoms with Gasteiger partial charge in [0.05, 0.1) is 0 Å². The second-order valence-corrected chi connectivity index (χ2v) is 4.73. The van der Waals surface area contributed by atoms with Crippen LogP contribution in [0, 0.1) is 5.92 Å². The molecule has 1 aromatic carbocycles. The molecule has 62 valence electrons. The van der Waals surface area contributed by atoms with Gasteiger partial charge in [-0.3, -0.25) is 0 Å². The molecular weight excluding hydrogens is 214 g/mol. The van der Waals surface area contributed by atoms with Crippen molar-refractivity contribution in [2.24, 2.45) is 11.7 Å². The molecule has 0 unspecified atom stereocenters. The molecule has 0 saturated heterocycles. The van der Waals surface area contributed by atoms with E-state index in [4.69, 9.17) is 5.73 Å². The number of nitrogens with two attached hydrogens (primary N) is 1. The molecule has 1 saturated carbocycles. The number of rotatable bonds is 0. The Kier molecular flexibility index (Phi) is 1.25. The smallest absolute Gasteiger partial charge is 0.0178 e. The highest BCUT2D eigenvalue weighted by atomic mass is 79.9. The van der Waals surface area contributed by atoms with Gasteiger partial charge in [0.1, 0.15) is 0 Å². The molecule has 2 aliphatic rings. The second kappa shape index (κ2) is 2.12. The fraction of sp³-hybridized carbons (Fsp3) is 0.400. The van der Waals surface area contributed by atoms with Crippen LogP contribution >= 0.6 is 15.9 Å². The van der Waals surface area contributed by atoms with Crippen molar-refractivity contribution in [3.8, 4) is 0 Å². The standard InChI is InChI=1S/C10H10BrN/c11-6-1-2-7-5(3-6)4-8-9(7)10(8)12/h1-3,8-10H,4,12H2/t8-,9+,10-/m0/s1. The third kappa shape index (κ3) is 0.771. The number of hydrogen-bond donors (Lipinski definition) is 1. The highest BCUT2D eigenvalue weighted by Gasteiger charge is 2.53. The predicted octanol–water partition coefficient (Wildman–Crippen LogP) is 2.05. The molecule has 0 heterocycles. The highest BCUT2D eigenvalue weighted by molar-refractivity contribution is 9.10. The summed E-state index contributed by atoms with van der Waals surface area (Å²) in [7, 11) is 0. The SMILES string of the molecule is N[C@H]1[C@H]2Cc3cc(Br)ccc3[C@@H]12. The normalized spacial score (nSPS) is 36.0. The molecule has 2 heteroatoms. The lowest BCUT2D eigenvalue weighted by Gasteiger charge is -2.04. The van der Waals surface area contributed by atoms with E-state index in [9.17, 15) is 0 Å². The zero-order chi connectivity index (χ0) is 8.29. The molecule has 0 radical (unpaired) electrons. The van der Waals surface area contributed by atoms with Gasteiger partial charge in [0.15, 0.2) is 0 Å². The summed E-state index contributed by atoms with van der Waals surface area (Å²) in [4.78, 5) is 0. The van der Waals surface area contributed by atoms with Crippen molar-refractivity contribution in [3.05, 3.63) is 33.8 Å². The summed E-state index contributed by atoms with van der Waals surface area (Å²) in [5.41, 5.74) is 8.91. The van der Waals surface area contributed by atoms with Crippen LogP contribution in [0.2, 0.25) is 0 Å². The lowest BCUT2D eigenvalue weighted by Crippen LogP contribution is -2.08. The van der Waals surface area contributed by atoms with E-state index in [0.717, 1.165) is 5.92 Å². The van der Waals surface area contributed by atoms with Gasteiger partial charge in [-0.1, -0.05) is 22.0 Å². The summed E-state index contributed by atoms with van der Waals surface area (Å²) >= 11 is 3.48. The first kappa shape index (κ1) is 7.10. The topological polar surface area (TPSA) is 26.0 Å². The summed E-state index contributed by atoms with van der Waals surface area (Å²) in [5, 5.41) is 0. The first-order valence-corrected chi connectivity index (χ1v) is 5.10. The Morgan fingerprint density at radius 1 is 1.42 bits per heavy atom. The van der Waals surface area contributed by atoms with E-state index in [-0.39, 0.29) is 0 Å². The molecule has 0 amide bonds. The molecule has 1 nitrogen and oxygen atoms in total. The first-order chi connectivity index (χ1) is 5.77. The van der Waals surface area contributed by atoms with E-state index in [1.807, 2.05) is 0 Å². The maximum Gasteiger partial charge on any atom is 0.0178 e. The largest absolute Gasteiger partial charge is 0.327 e.